The maximum absolute atomic E-state index is 2.53. The van der Waals surface area contributed by atoms with Crippen LogP contribution in [0.3, 0.4) is 0 Å². The van der Waals surface area contributed by atoms with Crippen LogP contribution in [-0.2, 0) is 11.8 Å². The molecule has 5 aromatic carbocycles. The van der Waals surface area contributed by atoms with Crippen molar-refractivity contribution in [2.75, 3.05) is 0 Å². The lowest BCUT2D eigenvalue weighted by Crippen LogP contribution is -2.19. The van der Waals surface area contributed by atoms with E-state index in [-0.39, 0.29) is 5.41 Å². The van der Waals surface area contributed by atoms with Crippen LogP contribution < -0.4 is 0 Å². The van der Waals surface area contributed by atoms with Crippen molar-refractivity contribution in [2.24, 2.45) is 0 Å². The molecule has 0 heteroatoms. The van der Waals surface area contributed by atoms with Crippen molar-refractivity contribution in [1.29, 1.82) is 0 Å². The molecule has 0 heterocycles. The van der Waals surface area contributed by atoms with Gasteiger partial charge in [-0.25, -0.2) is 0 Å². The van der Waals surface area contributed by atoms with Crippen LogP contribution in [-0.4, -0.2) is 0 Å². The summed E-state index contributed by atoms with van der Waals surface area (Å²) in [6, 6.07) is 32.2. The highest BCUT2D eigenvalue weighted by molar-refractivity contribution is 6.12. The third-order valence-electron chi connectivity index (χ3n) is 8.53. The van der Waals surface area contributed by atoms with E-state index in [1.807, 2.05) is 0 Å². The van der Waals surface area contributed by atoms with E-state index in [1.165, 1.54) is 71.6 Å². The molecule has 2 aliphatic rings. The monoisotopic (exact) mass is 450 g/mol. The lowest BCUT2D eigenvalue weighted by molar-refractivity contribution is 0.604. The average Bonchev–Trinajstić information content (AvgIpc) is 3.09. The average molecular weight is 451 g/mol. The Bertz CT molecular complexity index is 1720. The molecule has 2 aliphatic carbocycles. The second-order valence-electron chi connectivity index (χ2n) is 11.1. The van der Waals surface area contributed by atoms with E-state index < -0.39 is 0 Å². The van der Waals surface area contributed by atoms with Gasteiger partial charge < -0.3 is 0 Å². The topological polar surface area (TPSA) is 0 Å². The number of fused-ring (bicyclic) bond motifs is 7. The van der Waals surface area contributed by atoms with E-state index in [1.54, 1.807) is 5.57 Å². The van der Waals surface area contributed by atoms with Crippen molar-refractivity contribution in [1.82, 2.24) is 0 Å². The Balaban J connectivity index is 1.61. The first-order valence-electron chi connectivity index (χ1n) is 12.8. The first-order valence-corrected chi connectivity index (χ1v) is 12.8. The number of allylic oxidation sites excluding steroid dienone is 1. The summed E-state index contributed by atoms with van der Waals surface area (Å²) >= 11 is 0. The molecule has 0 fully saturated rings. The molecular weight excluding hydrogens is 420 g/mol. The zero-order valence-electron chi connectivity index (χ0n) is 21.0. The molecule has 0 bridgehead atoms. The van der Waals surface area contributed by atoms with Gasteiger partial charge in [-0.2, -0.15) is 0 Å². The van der Waals surface area contributed by atoms with Gasteiger partial charge in [0.15, 0.2) is 0 Å². The summed E-state index contributed by atoms with van der Waals surface area (Å²) in [5, 5.41) is 5.38. The fraction of sp³-hybridized carbons (Fsp3) is 0.200. The standard InChI is InChI=1S/C35H30/c1-21-12-15-26-24(18-21)14-17-31-33(26)34-28-16-13-22(2)19-29(28)30(20-32(34)35(31,3)4)27-11-7-9-23-8-5-6-10-25(23)27/h5-13,15-16,18-20H,14,17H2,1-4H3. The third-order valence-corrected chi connectivity index (χ3v) is 8.53. The number of hydrogen-bond acceptors (Lipinski definition) is 0. The quantitative estimate of drug-likeness (QED) is 0.239. The zero-order chi connectivity index (χ0) is 23.9. The fourth-order valence-corrected chi connectivity index (χ4v) is 6.78. The zero-order valence-corrected chi connectivity index (χ0v) is 21.0. The summed E-state index contributed by atoms with van der Waals surface area (Å²) in [5.74, 6) is 0. The van der Waals surface area contributed by atoms with Crippen LogP contribution >= 0.6 is 0 Å². The van der Waals surface area contributed by atoms with Gasteiger partial charge in [0, 0.05) is 5.41 Å². The van der Waals surface area contributed by atoms with Crippen molar-refractivity contribution in [3.8, 4) is 11.1 Å². The van der Waals surface area contributed by atoms with Crippen molar-refractivity contribution in [2.45, 2.75) is 46.0 Å². The van der Waals surface area contributed by atoms with Gasteiger partial charge in [0.1, 0.15) is 0 Å². The summed E-state index contributed by atoms with van der Waals surface area (Å²) in [6.45, 7) is 9.32. The van der Waals surface area contributed by atoms with Crippen LogP contribution in [0.2, 0.25) is 0 Å². The molecule has 170 valence electrons. The maximum Gasteiger partial charge on any atom is 0.0121 e. The Morgan fingerprint density at radius 1 is 0.600 bits per heavy atom. The van der Waals surface area contributed by atoms with Gasteiger partial charge in [-0.1, -0.05) is 109 Å². The summed E-state index contributed by atoms with van der Waals surface area (Å²) in [6.07, 6.45) is 2.28. The van der Waals surface area contributed by atoms with Gasteiger partial charge in [-0.15, -0.1) is 0 Å². The molecule has 35 heavy (non-hydrogen) atoms. The minimum atomic E-state index is 0.0195. The fourth-order valence-electron chi connectivity index (χ4n) is 6.78. The molecule has 0 spiro atoms. The van der Waals surface area contributed by atoms with Crippen molar-refractivity contribution >= 4 is 27.1 Å². The largest absolute Gasteiger partial charge is 0.0616 e. The Morgan fingerprint density at radius 2 is 1.37 bits per heavy atom. The Labute approximate surface area is 207 Å². The van der Waals surface area contributed by atoms with Crippen LogP contribution in [0.25, 0.3) is 38.2 Å². The summed E-state index contributed by atoms with van der Waals surface area (Å²) in [7, 11) is 0. The Morgan fingerprint density at radius 3 is 2.26 bits per heavy atom. The Hall–Kier alpha value is -3.64. The highest BCUT2D eigenvalue weighted by Crippen LogP contribution is 2.56. The molecular formula is C35H30. The van der Waals surface area contributed by atoms with Crippen LogP contribution in [0.15, 0.2) is 90.5 Å². The minimum absolute atomic E-state index is 0.0195. The second kappa shape index (κ2) is 7.18. The van der Waals surface area contributed by atoms with E-state index in [4.69, 9.17) is 0 Å². The second-order valence-corrected chi connectivity index (χ2v) is 11.1. The van der Waals surface area contributed by atoms with E-state index >= 15 is 0 Å². The third kappa shape index (κ3) is 2.86. The summed E-state index contributed by atoms with van der Waals surface area (Å²) in [5.41, 5.74) is 14.4. The van der Waals surface area contributed by atoms with E-state index in [0.717, 1.165) is 12.8 Å². The van der Waals surface area contributed by atoms with Gasteiger partial charge in [0.25, 0.3) is 0 Å². The molecule has 0 saturated heterocycles. The lowest BCUT2D eigenvalue weighted by atomic mass is 9.75. The number of benzene rings is 5. The molecule has 0 saturated carbocycles. The maximum atomic E-state index is 2.53. The minimum Gasteiger partial charge on any atom is -0.0616 e. The number of aryl methyl sites for hydroxylation is 3. The van der Waals surface area contributed by atoms with Gasteiger partial charge in [-0.3, -0.25) is 0 Å². The van der Waals surface area contributed by atoms with Crippen molar-refractivity contribution in [3.05, 3.63) is 124 Å². The lowest BCUT2D eigenvalue weighted by Gasteiger charge is -2.28. The molecule has 0 nitrogen and oxygen atoms in total. The molecule has 5 aromatic rings. The van der Waals surface area contributed by atoms with Gasteiger partial charge in [-0.05, 0) is 93.3 Å². The smallest absolute Gasteiger partial charge is 0.0121 e. The molecule has 0 aliphatic heterocycles. The molecule has 0 radical (unpaired) electrons. The normalized spacial score (nSPS) is 15.9. The predicted octanol–water partition coefficient (Wildman–Crippen LogP) is 9.32. The summed E-state index contributed by atoms with van der Waals surface area (Å²) < 4.78 is 0. The highest BCUT2D eigenvalue weighted by Gasteiger charge is 2.41. The molecule has 0 N–H and O–H groups in total. The van der Waals surface area contributed by atoms with E-state index in [9.17, 15) is 0 Å². The predicted molar refractivity (Wildman–Crippen MR) is 150 cm³/mol. The molecule has 7 rings (SSSR count). The van der Waals surface area contributed by atoms with Gasteiger partial charge >= 0.3 is 0 Å². The number of hydrogen-bond donors (Lipinski definition) is 0. The molecule has 0 aromatic heterocycles. The van der Waals surface area contributed by atoms with Gasteiger partial charge in [0.2, 0.25) is 0 Å². The summed E-state index contributed by atoms with van der Waals surface area (Å²) in [4.78, 5) is 0. The van der Waals surface area contributed by atoms with E-state index in [2.05, 4.69) is 113 Å². The Kier molecular flexibility index (Phi) is 4.25. The van der Waals surface area contributed by atoms with Crippen LogP contribution in [0.4, 0.5) is 0 Å². The number of rotatable bonds is 1. The van der Waals surface area contributed by atoms with Gasteiger partial charge in [0.05, 0.1) is 0 Å². The van der Waals surface area contributed by atoms with Crippen LogP contribution in [0.5, 0.6) is 0 Å². The van der Waals surface area contributed by atoms with Crippen LogP contribution in [0, 0.1) is 13.8 Å². The van der Waals surface area contributed by atoms with Crippen molar-refractivity contribution in [3.63, 3.8) is 0 Å². The van der Waals surface area contributed by atoms with E-state index in [0.29, 0.717) is 0 Å². The molecule has 0 atom stereocenters. The first-order chi connectivity index (χ1) is 16.9. The highest BCUT2D eigenvalue weighted by atomic mass is 14.4. The molecule has 0 unspecified atom stereocenters. The molecule has 0 amide bonds. The SMILES string of the molecule is Cc1ccc2c(c1)CCC1=C2c2c(cc(-c3cccc4ccccc34)c3cc(C)ccc23)C1(C)C. The van der Waals surface area contributed by atoms with Crippen LogP contribution in [0.1, 0.15) is 53.6 Å². The van der Waals surface area contributed by atoms with Crippen molar-refractivity contribution < 1.29 is 0 Å². The first kappa shape index (κ1) is 20.7.